The highest BCUT2D eigenvalue weighted by Gasteiger charge is 2.38. The summed E-state index contributed by atoms with van der Waals surface area (Å²) in [6.07, 6.45) is 4.01. The molecule has 1 fully saturated rings. The van der Waals surface area contributed by atoms with E-state index in [2.05, 4.69) is 15.2 Å². The van der Waals surface area contributed by atoms with Gasteiger partial charge in [0, 0.05) is 19.3 Å². The zero-order valence-electron chi connectivity index (χ0n) is 11.3. The van der Waals surface area contributed by atoms with E-state index in [1.54, 1.807) is 0 Å². The number of rotatable bonds is 3. The molecule has 7 heteroatoms. The lowest BCUT2D eigenvalue weighted by molar-refractivity contribution is 0.0887. The molecule has 108 valence electrons. The summed E-state index contributed by atoms with van der Waals surface area (Å²) in [6, 6.07) is 1.47. The molecule has 2 rings (SSSR count). The molecule has 1 amide bonds. The number of nitrogens with one attached hydrogen (secondary N) is 1. The van der Waals surface area contributed by atoms with Crippen molar-refractivity contribution in [2.24, 2.45) is 5.73 Å². The van der Waals surface area contributed by atoms with Crippen molar-refractivity contribution in [2.75, 3.05) is 20.1 Å². The minimum atomic E-state index is -0.686. The van der Waals surface area contributed by atoms with E-state index >= 15 is 0 Å². The third-order valence-electron chi connectivity index (χ3n) is 3.71. The van der Waals surface area contributed by atoms with Crippen molar-refractivity contribution in [3.63, 3.8) is 0 Å². The van der Waals surface area contributed by atoms with Crippen LogP contribution < -0.4 is 11.1 Å². The van der Waals surface area contributed by atoms with Crippen LogP contribution in [0.4, 0.5) is 0 Å². The number of piperidine rings is 1. The van der Waals surface area contributed by atoms with Gasteiger partial charge in [-0.05, 0) is 26.0 Å². The molecule has 2 heterocycles. The van der Waals surface area contributed by atoms with Crippen molar-refractivity contribution < 1.29 is 9.90 Å². The zero-order chi connectivity index (χ0) is 14.8. The largest absolute Gasteiger partial charge is 0.505 e. The summed E-state index contributed by atoms with van der Waals surface area (Å²) in [7, 11) is 2.01. The Labute approximate surface area is 123 Å². The van der Waals surface area contributed by atoms with Gasteiger partial charge in [-0.15, -0.1) is 0 Å². The molecule has 0 aromatic carbocycles. The third-order valence-corrected chi connectivity index (χ3v) is 4.10. The Balaban J connectivity index is 2.19. The van der Waals surface area contributed by atoms with Gasteiger partial charge in [0.1, 0.15) is 5.75 Å². The van der Waals surface area contributed by atoms with E-state index in [9.17, 15) is 9.90 Å². The summed E-state index contributed by atoms with van der Waals surface area (Å²) in [5.74, 6) is -0.543. The molecule has 0 atom stereocenters. The number of carbonyl (C=O) groups excluding carboxylic acids is 1. The fourth-order valence-electron chi connectivity index (χ4n) is 2.30. The Morgan fingerprint density at radius 2 is 2.20 bits per heavy atom. The van der Waals surface area contributed by atoms with E-state index in [0.717, 1.165) is 13.1 Å². The van der Waals surface area contributed by atoms with Crippen molar-refractivity contribution in [2.45, 2.75) is 18.4 Å². The second-order valence-electron chi connectivity index (χ2n) is 5.10. The molecule has 1 aromatic rings. The van der Waals surface area contributed by atoms with Crippen LogP contribution in [-0.4, -0.2) is 51.6 Å². The second-order valence-corrected chi connectivity index (χ2v) is 5.54. The van der Waals surface area contributed by atoms with E-state index < -0.39 is 5.54 Å². The lowest BCUT2D eigenvalue weighted by Crippen LogP contribution is -2.61. The Kier molecular flexibility index (Phi) is 4.20. The summed E-state index contributed by atoms with van der Waals surface area (Å²) in [6.45, 7) is 1.61. The average Bonchev–Trinajstić information content (AvgIpc) is 2.41. The molecule has 20 heavy (non-hydrogen) atoms. The van der Waals surface area contributed by atoms with Gasteiger partial charge >= 0.3 is 0 Å². The van der Waals surface area contributed by atoms with Crippen molar-refractivity contribution in [3.05, 3.63) is 24.0 Å². The zero-order valence-corrected chi connectivity index (χ0v) is 12.1. The minimum absolute atomic E-state index is 0.156. The Morgan fingerprint density at radius 1 is 1.55 bits per heavy atom. The van der Waals surface area contributed by atoms with Gasteiger partial charge in [0.25, 0.3) is 5.91 Å². The molecule has 0 aliphatic carbocycles. The summed E-state index contributed by atoms with van der Waals surface area (Å²) in [5.41, 5.74) is 5.33. The van der Waals surface area contributed by atoms with Gasteiger partial charge in [0.2, 0.25) is 0 Å². The van der Waals surface area contributed by atoms with Crippen LogP contribution >= 0.6 is 12.2 Å². The number of pyridine rings is 1. The molecule has 0 bridgehead atoms. The van der Waals surface area contributed by atoms with Crippen molar-refractivity contribution >= 4 is 23.1 Å². The molecular formula is C13H18N4O2S. The maximum Gasteiger partial charge on any atom is 0.255 e. The first-order valence-electron chi connectivity index (χ1n) is 6.38. The maximum absolute atomic E-state index is 12.3. The average molecular weight is 294 g/mol. The topological polar surface area (TPSA) is 91.5 Å². The molecular weight excluding hydrogens is 276 g/mol. The highest BCUT2D eigenvalue weighted by molar-refractivity contribution is 7.80. The van der Waals surface area contributed by atoms with Crippen molar-refractivity contribution in [1.82, 2.24) is 15.2 Å². The number of aromatic hydroxyl groups is 1. The lowest BCUT2D eigenvalue weighted by atomic mass is 9.87. The van der Waals surface area contributed by atoms with Gasteiger partial charge in [-0.3, -0.25) is 9.78 Å². The number of thiocarbonyl (C=S) groups is 1. The highest BCUT2D eigenvalue weighted by Crippen LogP contribution is 2.24. The van der Waals surface area contributed by atoms with E-state index in [1.807, 2.05) is 7.05 Å². The first-order valence-corrected chi connectivity index (χ1v) is 6.79. The van der Waals surface area contributed by atoms with Gasteiger partial charge in [-0.2, -0.15) is 0 Å². The molecule has 0 saturated carbocycles. The Hall–Kier alpha value is -1.73. The fraction of sp³-hybridized carbons (Fsp3) is 0.462. The molecule has 6 nitrogen and oxygen atoms in total. The predicted octanol–water partition coefficient (Wildman–Crippen LogP) is 0.267. The number of nitrogens with two attached hydrogens (primary N) is 1. The predicted molar refractivity (Wildman–Crippen MR) is 79.6 cm³/mol. The van der Waals surface area contributed by atoms with Gasteiger partial charge in [-0.1, -0.05) is 12.2 Å². The van der Waals surface area contributed by atoms with Crippen LogP contribution in [0.1, 0.15) is 23.2 Å². The number of likely N-dealkylation sites (tertiary alicyclic amines) is 1. The fourth-order valence-corrected chi connectivity index (χ4v) is 2.55. The van der Waals surface area contributed by atoms with Crippen molar-refractivity contribution in [3.8, 4) is 5.75 Å². The number of amides is 1. The van der Waals surface area contributed by atoms with E-state index in [4.69, 9.17) is 18.0 Å². The van der Waals surface area contributed by atoms with Gasteiger partial charge < -0.3 is 21.1 Å². The first kappa shape index (κ1) is 14.7. The Morgan fingerprint density at radius 3 is 2.75 bits per heavy atom. The molecule has 4 N–H and O–H groups in total. The summed E-state index contributed by atoms with van der Waals surface area (Å²) < 4.78 is 0. The van der Waals surface area contributed by atoms with Crippen LogP contribution in [0.2, 0.25) is 0 Å². The van der Waals surface area contributed by atoms with E-state index in [-0.39, 0.29) is 22.2 Å². The molecule has 1 aromatic heterocycles. The van der Waals surface area contributed by atoms with Gasteiger partial charge in [0.05, 0.1) is 22.3 Å². The molecule has 1 aliphatic rings. The van der Waals surface area contributed by atoms with Gasteiger partial charge in [-0.25, -0.2) is 0 Å². The molecule has 0 unspecified atom stereocenters. The van der Waals surface area contributed by atoms with Crippen molar-refractivity contribution in [1.29, 1.82) is 0 Å². The second kappa shape index (κ2) is 5.72. The SMILES string of the molecule is CN1CCC(NC(=O)c2ccncc2O)(C(N)=S)CC1. The standard InChI is InChI=1S/C13H18N4O2S/c1-17-6-3-13(4-7-17,12(14)20)16-11(19)9-2-5-15-8-10(9)18/h2,5,8,18H,3-4,6-7H2,1H3,(H2,14,20)(H,16,19). The van der Waals surface area contributed by atoms with Gasteiger partial charge in [0.15, 0.2) is 0 Å². The summed E-state index contributed by atoms with van der Waals surface area (Å²) in [4.78, 5) is 18.5. The minimum Gasteiger partial charge on any atom is -0.505 e. The number of carbonyl (C=O) groups is 1. The molecule has 0 spiro atoms. The monoisotopic (exact) mass is 294 g/mol. The Bertz CT molecular complexity index is 527. The van der Waals surface area contributed by atoms with Crippen LogP contribution in [-0.2, 0) is 0 Å². The normalized spacial score (nSPS) is 18.4. The summed E-state index contributed by atoms with van der Waals surface area (Å²) >= 11 is 5.14. The lowest BCUT2D eigenvalue weighted by Gasteiger charge is -2.40. The van der Waals surface area contributed by atoms with Crippen LogP contribution in [0.3, 0.4) is 0 Å². The maximum atomic E-state index is 12.3. The third kappa shape index (κ3) is 2.88. The smallest absolute Gasteiger partial charge is 0.255 e. The van der Waals surface area contributed by atoms with Crippen LogP contribution in [0, 0.1) is 0 Å². The number of hydrogen-bond donors (Lipinski definition) is 3. The van der Waals surface area contributed by atoms with Crippen LogP contribution in [0.5, 0.6) is 5.75 Å². The summed E-state index contributed by atoms with van der Waals surface area (Å²) in [5, 5.41) is 12.6. The van der Waals surface area contributed by atoms with Crippen LogP contribution in [0.25, 0.3) is 0 Å². The quantitative estimate of drug-likeness (QED) is 0.693. The molecule has 1 saturated heterocycles. The van der Waals surface area contributed by atoms with E-state index in [1.165, 1.54) is 18.5 Å². The first-order chi connectivity index (χ1) is 9.44. The molecule has 1 aliphatic heterocycles. The van der Waals surface area contributed by atoms with Crippen LogP contribution in [0.15, 0.2) is 18.5 Å². The number of hydrogen-bond acceptors (Lipinski definition) is 5. The highest BCUT2D eigenvalue weighted by atomic mass is 32.1. The molecule has 0 radical (unpaired) electrons. The van der Waals surface area contributed by atoms with E-state index in [0.29, 0.717) is 12.8 Å². The number of nitrogens with zero attached hydrogens (tertiary/aromatic N) is 2. The number of aromatic nitrogens is 1.